The standard InChI is InChI=1S/C10H15N3/c1-6-12(9-2-3-9)8-10-4-5-11-13(10)7-1/h4-5,9H,1-3,6-8H2. The third-order valence-electron chi connectivity index (χ3n) is 3.05. The summed E-state index contributed by atoms with van der Waals surface area (Å²) in [6.45, 7) is 3.48. The fourth-order valence-corrected chi connectivity index (χ4v) is 2.16. The van der Waals surface area contributed by atoms with Crippen LogP contribution in [0.1, 0.15) is 25.0 Å². The Bertz CT molecular complexity index is 301. The van der Waals surface area contributed by atoms with Gasteiger partial charge in [0.2, 0.25) is 0 Å². The lowest BCUT2D eigenvalue weighted by Crippen LogP contribution is -2.25. The first-order chi connectivity index (χ1) is 6.43. The smallest absolute Gasteiger partial charge is 0.0524 e. The molecular formula is C10H15N3. The molecular weight excluding hydrogens is 162 g/mol. The molecule has 70 valence electrons. The summed E-state index contributed by atoms with van der Waals surface area (Å²) in [5.41, 5.74) is 1.39. The molecule has 1 fully saturated rings. The number of aromatic nitrogens is 2. The number of rotatable bonds is 1. The highest BCUT2D eigenvalue weighted by molar-refractivity contribution is 5.03. The number of hydrogen-bond acceptors (Lipinski definition) is 2. The van der Waals surface area contributed by atoms with E-state index in [0.29, 0.717) is 0 Å². The van der Waals surface area contributed by atoms with Crippen LogP contribution >= 0.6 is 0 Å². The summed E-state index contributed by atoms with van der Waals surface area (Å²) in [6, 6.07) is 3.04. The van der Waals surface area contributed by atoms with Gasteiger partial charge in [-0.1, -0.05) is 0 Å². The SMILES string of the molecule is c1cc2n(n1)CCCN(C1CC1)C2. The second-order valence-corrected chi connectivity index (χ2v) is 4.10. The van der Waals surface area contributed by atoms with Gasteiger partial charge in [0, 0.05) is 31.9 Å². The van der Waals surface area contributed by atoms with Gasteiger partial charge in [0.25, 0.3) is 0 Å². The molecule has 0 N–H and O–H groups in total. The van der Waals surface area contributed by atoms with E-state index in [0.717, 1.165) is 19.1 Å². The van der Waals surface area contributed by atoms with Crippen LogP contribution in [0.5, 0.6) is 0 Å². The second-order valence-electron chi connectivity index (χ2n) is 4.10. The maximum Gasteiger partial charge on any atom is 0.0524 e. The summed E-state index contributed by atoms with van der Waals surface area (Å²) in [5, 5.41) is 4.32. The van der Waals surface area contributed by atoms with Gasteiger partial charge in [-0.15, -0.1) is 0 Å². The molecule has 3 rings (SSSR count). The molecule has 1 aliphatic carbocycles. The highest BCUT2D eigenvalue weighted by Gasteiger charge is 2.30. The molecule has 0 unspecified atom stereocenters. The zero-order valence-corrected chi connectivity index (χ0v) is 7.82. The summed E-state index contributed by atoms with van der Waals surface area (Å²) in [7, 11) is 0. The third kappa shape index (κ3) is 1.37. The normalized spacial score (nSPS) is 24.0. The Morgan fingerprint density at radius 3 is 3.08 bits per heavy atom. The maximum absolute atomic E-state index is 4.32. The first kappa shape index (κ1) is 7.56. The topological polar surface area (TPSA) is 21.1 Å². The van der Waals surface area contributed by atoms with Crippen LogP contribution in [0.15, 0.2) is 12.3 Å². The molecule has 0 aromatic carbocycles. The van der Waals surface area contributed by atoms with Crippen LogP contribution in [0.25, 0.3) is 0 Å². The number of hydrogen-bond donors (Lipinski definition) is 0. The van der Waals surface area contributed by atoms with E-state index < -0.39 is 0 Å². The van der Waals surface area contributed by atoms with Crippen LogP contribution in [0, 0.1) is 0 Å². The van der Waals surface area contributed by atoms with E-state index in [4.69, 9.17) is 0 Å². The maximum atomic E-state index is 4.32. The van der Waals surface area contributed by atoms with Crippen molar-refractivity contribution < 1.29 is 0 Å². The van der Waals surface area contributed by atoms with Crippen LogP contribution in [0.2, 0.25) is 0 Å². The van der Waals surface area contributed by atoms with Crippen molar-refractivity contribution in [3.05, 3.63) is 18.0 Å². The van der Waals surface area contributed by atoms with Gasteiger partial charge in [0.1, 0.15) is 0 Å². The van der Waals surface area contributed by atoms with E-state index in [2.05, 4.69) is 20.7 Å². The average Bonchev–Trinajstić information content (AvgIpc) is 2.91. The van der Waals surface area contributed by atoms with Crippen molar-refractivity contribution in [1.82, 2.24) is 14.7 Å². The van der Waals surface area contributed by atoms with Crippen molar-refractivity contribution in [3.8, 4) is 0 Å². The summed E-state index contributed by atoms with van der Waals surface area (Å²) in [6.07, 6.45) is 6.00. The first-order valence-corrected chi connectivity index (χ1v) is 5.18. The molecule has 0 spiro atoms. The van der Waals surface area contributed by atoms with E-state index in [1.165, 1.54) is 31.5 Å². The van der Waals surface area contributed by atoms with E-state index >= 15 is 0 Å². The molecule has 0 amide bonds. The first-order valence-electron chi connectivity index (χ1n) is 5.18. The molecule has 0 atom stereocenters. The lowest BCUT2D eigenvalue weighted by Gasteiger charge is -2.17. The van der Waals surface area contributed by atoms with Crippen molar-refractivity contribution in [2.75, 3.05) is 6.54 Å². The highest BCUT2D eigenvalue weighted by Crippen LogP contribution is 2.29. The molecule has 1 aromatic rings. The summed E-state index contributed by atoms with van der Waals surface area (Å²) in [5.74, 6) is 0. The van der Waals surface area contributed by atoms with Crippen LogP contribution in [0.3, 0.4) is 0 Å². The minimum Gasteiger partial charge on any atom is -0.295 e. The van der Waals surface area contributed by atoms with Gasteiger partial charge < -0.3 is 0 Å². The van der Waals surface area contributed by atoms with Crippen LogP contribution < -0.4 is 0 Å². The number of aryl methyl sites for hydroxylation is 1. The van der Waals surface area contributed by atoms with Gasteiger partial charge in [-0.3, -0.25) is 9.58 Å². The van der Waals surface area contributed by atoms with Crippen molar-refractivity contribution in [3.63, 3.8) is 0 Å². The van der Waals surface area contributed by atoms with E-state index in [-0.39, 0.29) is 0 Å². The molecule has 3 heteroatoms. The minimum absolute atomic E-state index is 0.890. The molecule has 13 heavy (non-hydrogen) atoms. The van der Waals surface area contributed by atoms with Gasteiger partial charge in [0.15, 0.2) is 0 Å². The Labute approximate surface area is 78.3 Å². The summed E-state index contributed by atoms with van der Waals surface area (Å²) in [4.78, 5) is 2.61. The largest absolute Gasteiger partial charge is 0.295 e. The zero-order valence-electron chi connectivity index (χ0n) is 7.82. The lowest BCUT2D eigenvalue weighted by atomic mass is 10.3. The Hall–Kier alpha value is -0.830. The fourth-order valence-electron chi connectivity index (χ4n) is 2.16. The molecule has 1 saturated carbocycles. The van der Waals surface area contributed by atoms with Crippen molar-refractivity contribution in [2.24, 2.45) is 0 Å². The molecule has 1 aromatic heterocycles. The molecule has 2 heterocycles. The van der Waals surface area contributed by atoms with Crippen LogP contribution in [-0.2, 0) is 13.1 Å². The van der Waals surface area contributed by atoms with Gasteiger partial charge in [-0.05, 0) is 25.3 Å². The van der Waals surface area contributed by atoms with Gasteiger partial charge in [-0.2, -0.15) is 5.10 Å². The van der Waals surface area contributed by atoms with E-state index in [1.54, 1.807) is 0 Å². The fraction of sp³-hybridized carbons (Fsp3) is 0.700. The van der Waals surface area contributed by atoms with E-state index in [9.17, 15) is 0 Å². The molecule has 0 bridgehead atoms. The zero-order chi connectivity index (χ0) is 8.67. The number of fused-ring (bicyclic) bond motifs is 1. The van der Waals surface area contributed by atoms with E-state index in [1.807, 2.05) is 6.20 Å². The van der Waals surface area contributed by atoms with Gasteiger partial charge >= 0.3 is 0 Å². The van der Waals surface area contributed by atoms with Crippen molar-refractivity contribution in [1.29, 1.82) is 0 Å². The highest BCUT2D eigenvalue weighted by atomic mass is 15.3. The second kappa shape index (κ2) is 2.84. The monoisotopic (exact) mass is 177 g/mol. The van der Waals surface area contributed by atoms with Crippen LogP contribution in [-0.4, -0.2) is 27.3 Å². The van der Waals surface area contributed by atoms with Gasteiger partial charge in [0.05, 0.1) is 5.69 Å². The third-order valence-corrected chi connectivity index (χ3v) is 3.05. The number of nitrogens with zero attached hydrogens (tertiary/aromatic N) is 3. The van der Waals surface area contributed by atoms with Gasteiger partial charge in [-0.25, -0.2) is 0 Å². The van der Waals surface area contributed by atoms with Crippen molar-refractivity contribution >= 4 is 0 Å². The predicted molar refractivity (Wildman–Crippen MR) is 50.3 cm³/mol. The minimum atomic E-state index is 0.890. The quantitative estimate of drug-likeness (QED) is 0.643. The molecule has 3 nitrogen and oxygen atoms in total. The van der Waals surface area contributed by atoms with Crippen LogP contribution in [0.4, 0.5) is 0 Å². The summed E-state index contributed by atoms with van der Waals surface area (Å²) < 4.78 is 2.16. The Kier molecular flexibility index (Phi) is 1.65. The lowest BCUT2D eigenvalue weighted by molar-refractivity contribution is 0.259. The average molecular weight is 177 g/mol. The van der Waals surface area contributed by atoms with Crippen molar-refractivity contribution in [2.45, 2.75) is 38.4 Å². The molecule has 0 saturated heterocycles. The Morgan fingerprint density at radius 2 is 2.23 bits per heavy atom. The summed E-state index contributed by atoms with van der Waals surface area (Å²) >= 11 is 0. The Morgan fingerprint density at radius 1 is 1.31 bits per heavy atom. The molecule has 1 aliphatic heterocycles. The molecule has 2 aliphatic rings. The predicted octanol–water partition coefficient (Wildman–Crippen LogP) is 1.25. The molecule has 0 radical (unpaired) electrons. The Balaban J connectivity index is 1.83.